The zero-order chi connectivity index (χ0) is 13.7. The minimum Gasteiger partial charge on any atom is -0.493 e. The summed E-state index contributed by atoms with van der Waals surface area (Å²) >= 11 is 0. The second-order valence-corrected chi connectivity index (χ2v) is 3.38. The first-order valence-electron chi connectivity index (χ1n) is 5.17. The summed E-state index contributed by atoms with van der Waals surface area (Å²) in [5.74, 6) is -1.86. The summed E-state index contributed by atoms with van der Waals surface area (Å²) < 4.78 is 32.2. The lowest BCUT2D eigenvalue weighted by atomic mass is 10.1. The van der Waals surface area contributed by atoms with Gasteiger partial charge in [-0.2, -0.15) is 5.10 Å². The molecule has 2 amide bonds. The van der Waals surface area contributed by atoms with E-state index in [4.69, 9.17) is 10.5 Å². The van der Waals surface area contributed by atoms with Gasteiger partial charge in [0.1, 0.15) is 5.75 Å². The van der Waals surface area contributed by atoms with Crippen molar-refractivity contribution in [1.82, 2.24) is 5.43 Å². The van der Waals surface area contributed by atoms with Gasteiger partial charge in [0, 0.05) is 11.1 Å². The van der Waals surface area contributed by atoms with Crippen LogP contribution in [0.2, 0.25) is 0 Å². The lowest BCUT2D eigenvalue weighted by molar-refractivity contribution is 0.249. The molecule has 5 nitrogen and oxygen atoms in total. The first-order valence-corrected chi connectivity index (χ1v) is 5.17. The highest BCUT2D eigenvalue weighted by Crippen LogP contribution is 2.25. The van der Waals surface area contributed by atoms with E-state index in [2.05, 4.69) is 5.10 Å². The zero-order valence-corrected chi connectivity index (χ0v) is 9.96. The molecule has 0 heterocycles. The molecular formula is C11H13F2N3O2. The number of hydrazone groups is 1. The molecule has 1 aromatic carbocycles. The SMILES string of the molecule is CCOc1cc(C=NNC(N)=O)c(F)c(F)c1C. The average molecular weight is 257 g/mol. The lowest BCUT2D eigenvalue weighted by Crippen LogP contribution is -2.24. The van der Waals surface area contributed by atoms with Crippen molar-refractivity contribution in [3.63, 3.8) is 0 Å². The van der Waals surface area contributed by atoms with E-state index in [1.54, 1.807) is 6.92 Å². The Labute approximate surface area is 103 Å². The third kappa shape index (κ3) is 3.16. The summed E-state index contributed by atoms with van der Waals surface area (Å²) in [6, 6.07) is 0.396. The molecule has 0 unspecified atom stereocenters. The van der Waals surface area contributed by atoms with Gasteiger partial charge in [-0.05, 0) is 19.9 Å². The van der Waals surface area contributed by atoms with Gasteiger partial charge in [-0.1, -0.05) is 0 Å². The summed E-state index contributed by atoms with van der Waals surface area (Å²) in [5.41, 5.74) is 6.59. The minimum atomic E-state index is -1.06. The number of carbonyl (C=O) groups is 1. The first kappa shape index (κ1) is 13.9. The molecule has 0 spiro atoms. The second-order valence-electron chi connectivity index (χ2n) is 3.38. The van der Waals surface area contributed by atoms with E-state index >= 15 is 0 Å². The van der Waals surface area contributed by atoms with E-state index in [0.717, 1.165) is 6.21 Å². The summed E-state index contributed by atoms with van der Waals surface area (Å²) in [7, 11) is 0. The third-order valence-electron chi connectivity index (χ3n) is 2.11. The molecular weight excluding hydrogens is 244 g/mol. The van der Waals surface area contributed by atoms with Crippen LogP contribution in [0.4, 0.5) is 13.6 Å². The van der Waals surface area contributed by atoms with E-state index in [0.29, 0.717) is 6.61 Å². The molecule has 0 saturated carbocycles. The molecule has 7 heteroatoms. The molecule has 0 aliphatic carbocycles. The number of hydrogen-bond acceptors (Lipinski definition) is 3. The van der Waals surface area contributed by atoms with Crippen LogP contribution in [-0.4, -0.2) is 18.9 Å². The smallest absolute Gasteiger partial charge is 0.332 e. The van der Waals surface area contributed by atoms with Crippen molar-refractivity contribution < 1.29 is 18.3 Å². The summed E-state index contributed by atoms with van der Waals surface area (Å²) in [6.07, 6.45) is 0.950. The van der Waals surface area contributed by atoms with Gasteiger partial charge in [0.05, 0.1) is 12.8 Å². The number of halogens is 2. The molecule has 0 aliphatic rings. The van der Waals surface area contributed by atoms with Crippen LogP contribution in [0, 0.1) is 18.6 Å². The molecule has 0 saturated heterocycles. The molecule has 0 radical (unpaired) electrons. The van der Waals surface area contributed by atoms with Crippen molar-refractivity contribution in [2.75, 3.05) is 6.61 Å². The highest BCUT2D eigenvalue weighted by atomic mass is 19.2. The molecule has 0 fully saturated rings. The zero-order valence-electron chi connectivity index (χ0n) is 9.96. The van der Waals surface area contributed by atoms with Crippen LogP contribution in [0.15, 0.2) is 11.2 Å². The summed E-state index contributed by atoms with van der Waals surface area (Å²) in [5, 5.41) is 3.36. The maximum absolute atomic E-state index is 13.5. The lowest BCUT2D eigenvalue weighted by Gasteiger charge is -2.10. The van der Waals surface area contributed by atoms with Crippen LogP contribution in [0.5, 0.6) is 5.75 Å². The minimum absolute atomic E-state index is 0.0781. The van der Waals surface area contributed by atoms with Crippen LogP contribution in [0.3, 0.4) is 0 Å². The molecule has 1 rings (SSSR count). The fourth-order valence-corrected chi connectivity index (χ4v) is 1.28. The van der Waals surface area contributed by atoms with Crippen molar-refractivity contribution in [1.29, 1.82) is 0 Å². The van der Waals surface area contributed by atoms with Crippen molar-refractivity contribution in [2.24, 2.45) is 10.8 Å². The molecule has 0 aliphatic heterocycles. The molecule has 3 N–H and O–H groups in total. The van der Waals surface area contributed by atoms with E-state index in [1.807, 2.05) is 5.43 Å². The number of nitrogens with two attached hydrogens (primary N) is 1. The van der Waals surface area contributed by atoms with E-state index < -0.39 is 17.7 Å². The van der Waals surface area contributed by atoms with Crippen LogP contribution in [0.1, 0.15) is 18.1 Å². The average Bonchev–Trinajstić information content (AvgIpc) is 2.32. The first-order chi connectivity index (χ1) is 8.47. The Balaban J connectivity index is 3.11. The monoisotopic (exact) mass is 257 g/mol. The summed E-state index contributed by atoms with van der Waals surface area (Å²) in [4.78, 5) is 10.4. The maximum atomic E-state index is 13.5. The number of carbonyl (C=O) groups excluding carboxylic acids is 1. The Morgan fingerprint density at radius 2 is 2.22 bits per heavy atom. The van der Waals surface area contributed by atoms with Crippen molar-refractivity contribution in [3.05, 3.63) is 28.8 Å². The van der Waals surface area contributed by atoms with Gasteiger partial charge in [0.2, 0.25) is 0 Å². The fourth-order valence-electron chi connectivity index (χ4n) is 1.28. The number of nitrogens with one attached hydrogen (secondary N) is 1. The Kier molecular flexibility index (Phi) is 4.59. The van der Waals surface area contributed by atoms with E-state index in [1.165, 1.54) is 13.0 Å². The molecule has 0 atom stereocenters. The van der Waals surface area contributed by atoms with E-state index in [-0.39, 0.29) is 16.9 Å². The predicted molar refractivity (Wildman–Crippen MR) is 62.6 cm³/mol. The quantitative estimate of drug-likeness (QED) is 0.636. The number of hydrogen-bond donors (Lipinski definition) is 2. The van der Waals surface area contributed by atoms with Gasteiger partial charge >= 0.3 is 6.03 Å². The van der Waals surface area contributed by atoms with Crippen LogP contribution in [-0.2, 0) is 0 Å². The Morgan fingerprint density at radius 3 is 2.78 bits per heavy atom. The van der Waals surface area contributed by atoms with Crippen molar-refractivity contribution >= 4 is 12.2 Å². The second kappa shape index (κ2) is 5.95. The number of amides is 2. The number of primary amides is 1. The van der Waals surface area contributed by atoms with Crippen LogP contribution in [0.25, 0.3) is 0 Å². The van der Waals surface area contributed by atoms with Gasteiger partial charge in [-0.15, -0.1) is 0 Å². The Hall–Kier alpha value is -2.18. The number of ether oxygens (including phenoxy) is 1. The van der Waals surface area contributed by atoms with Crippen molar-refractivity contribution in [2.45, 2.75) is 13.8 Å². The highest BCUT2D eigenvalue weighted by molar-refractivity contribution is 5.82. The van der Waals surface area contributed by atoms with Crippen molar-refractivity contribution in [3.8, 4) is 5.75 Å². The molecule has 18 heavy (non-hydrogen) atoms. The Bertz CT molecular complexity index is 490. The number of rotatable bonds is 4. The molecule has 0 bridgehead atoms. The fraction of sp³-hybridized carbons (Fsp3) is 0.273. The third-order valence-corrected chi connectivity index (χ3v) is 2.11. The predicted octanol–water partition coefficient (Wildman–Crippen LogP) is 1.67. The molecule has 0 aromatic heterocycles. The van der Waals surface area contributed by atoms with Gasteiger partial charge in [-0.3, -0.25) is 0 Å². The largest absolute Gasteiger partial charge is 0.493 e. The van der Waals surface area contributed by atoms with Gasteiger partial charge in [0.15, 0.2) is 11.6 Å². The topological polar surface area (TPSA) is 76.7 Å². The van der Waals surface area contributed by atoms with Gasteiger partial charge in [-0.25, -0.2) is 19.0 Å². The highest BCUT2D eigenvalue weighted by Gasteiger charge is 2.15. The number of benzene rings is 1. The number of urea groups is 1. The number of nitrogens with zero attached hydrogens (tertiary/aromatic N) is 1. The Morgan fingerprint density at radius 1 is 1.56 bits per heavy atom. The van der Waals surface area contributed by atoms with Crippen LogP contribution < -0.4 is 15.9 Å². The molecule has 1 aromatic rings. The van der Waals surface area contributed by atoms with Crippen LogP contribution >= 0.6 is 0 Å². The van der Waals surface area contributed by atoms with E-state index in [9.17, 15) is 13.6 Å². The van der Waals surface area contributed by atoms with Gasteiger partial charge < -0.3 is 10.5 Å². The normalized spacial score (nSPS) is 10.7. The summed E-state index contributed by atoms with van der Waals surface area (Å²) in [6.45, 7) is 3.46. The van der Waals surface area contributed by atoms with Gasteiger partial charge in [0.25, 0.3) is 0 Å². The standard InChI is InChI=1S/C11H13F2N3O2/c1-3-18-8-4-7(5-15-16-11(14)17)10(13)9(12)6(8)2/h4-5H,3H2,1-2H3,(H3,14,16,17). The maximum Gasteiger partial charge on any atom is 0.332 e. The molecule has 98 valence electrons.